The lowest BCUT2D eigenvalue weighted by molar-refractivity contribution is 0.0928. The van der Waals surface area contributed by atoms with Crippen LogP contribution in [0.15, 0.2) is 39.9 Å². The smallest absolute Gasteiger partial charge is 0.332 e. The molecular weight excluding hydrogens is 344 g/mol. The number of rotatable bonds is 9. The van der Waals surface area contributed by atoms with E-state index in [2.05, 4.69) is 0 Å². The van der Waals surface area contributed by atoms with Crippen molar-refractivity contribution in [1.29, 1.82) is 0 Å². The van der Waals surface area contributed by atoms with E-state index >= 15 is 0 Å². The van der Waals surface area contributed by atoms with E-state index in [4.69, 9.17) is 5.73 Å². The molecule has 146 valence electrons. The average molecular weight is 372 g/mol. The molecule has 0 fully saturated rings. The van der Waals surface area contributed by atoms with Crippen LogP contribution in [0.1, 0.15) is 42.6 Å². The highest BCUT2D eigenvalue weighted by Crippen LogP contribution is 2.10. The minimum atomic E-state index is -0.639. The molecule has 0 saturated heterocycles. The van der Waals surface area contributed by atoms with Gasteiger partial charge in [0.1, 0.15) is 11.4 Å². The van der Waals surface area contributed by atoms with Crippen LogP contribution in [0.25, 0.3) is 0 Å². The van der Waals surface area contributed by atoms with E-state index < -0.39 is 11.2 Å². The highest BCUT2D eigenvalue weighted by Gasteiger charge is 2.23. The van der Waals surface area contributed by atoms with Crippen LogP contribution in [0.2, 0.25) is 0 Å². The number of nitrogens with two attached hydrogens (primary N) is 1. The Labute approximate surface area is 159 Å². The topological polar surface area (TPSA) is 90.3 Å². The van der Waals surface area contributed by atoms with Crippen molar-refractivity contribution >= 4 is 11.6 Å². The summed E-state index contributed by atoms with van der Waals surface area (Å²) in [6.07, 6.45) is 1.82. The van der Waals surface area contributed by atoms with Crippen molar-refractivity contribution < 1.29 is 4.79 Å². The summed E-state index contributed by atoms with van der Waals surface area (Å²) in [5.41, 5.74) is 5.72. The monoisotopic (exact) mass is 372 g/mol. The van der Waals surface area contributed by atoms with Gasteiger partial charge >= 0.3 is 5.69 Å². The van der Waals surface area contributed by atoms with E-state index in [9.17, 15) is 14.4 Å². The Morgan fingerprint density at radius 3 is 2.22 bits per heavy atom. The van der Waals surface area contributed by atoms with Gasteiger partial charge in [-0.3, -0.25) is 23.6 Å². The second kappa shape index (κ2) is 9.32. The largest absolute Gasteiger partial charge is 0.384 e. The molecule has 0 spiro atoms. The fraction of sp³-hybridized carbons (Fsp3) is 0.450. The molecular formula is C20H28N4O3. The number of anilines is 1. The summed E-state index contributed by atoms with van der Waals surface area (Å²) in [6.45, 7) is 5.94. The third-order valence-electron chi connectivity index (χ3n) is 4.49. The number of carbonyl (C=O) groups is 1. The van der Waals surface area contributed by atoms with Crippen molar-refractivity contribution in [2.45, 2.75) is 33.2 Å². The predicted octanol–water partition coefficient (Wildman–Crippen LogP) is 1.48. The van der Waals surface area contributed by atoms with E-state index in [0.29, 0.717) is 0 Å². The first-order chi connectivity index (χ1) is 12.9. The van der Waals surface area contributed by atoms with Gasteiger partial charge in [0.2, 0.25) is 0 Å². The van der Waals surface area contributed by atoms with Gasteiger partial charge in [0, 0.05) is 7.05 Å². The number of nitrogens with zero attached hydrogens (tertiary/aromatic N) is 3. The van der Waals surface area contributed by atoms with Gasteiger partial charge in [-0.1, -0.05) is 44.2 Å². The SMILES string of the molecule is CCCN(CCC)CC(=O)c1c(N)n(Cc2ccccc2)c(=O)n(C)c1=O. The predicted molar refractivity (Wildman–Crippen MR) is 107 cm³/mol. The first kappa shape index (κ1) is 20.6. The molecule has 0 aliphatic carbocycles. The standard InChI is InChI=1S/C20H28N4O3/c1-4-11-23(12-5-2)14-16(25)17-18(21)24(20(27)22(3)19(17)26)13-15-9-7-6-8-10-15/h6-10H,4-5,11-14,21H2,1-3H3. The van der Waals surface area contributed by atoms with E-state index in [1.165, 1.54) is 11.6 Å². The van der Waals surface area contributed by atoms with Gasteiger partial charge in [0.15, 0.2) is 5.78 Å². The lowest BCUT2D eigenvalue weighted by atomic mass is 10.1. The molecule has 0 unspecified atom stereocenters. The number of hydrogen-bond donors (Lipinski definition) is 1. The number of aromatic nitrogens is 2. The van der Waals surface area contributed by atoms with Crippen LogP contribution in [0.3, 0.4) is 0 Å². The van der Waals surface area contributed by atoms with Gasteiger partial charge in [-0.2, -0.15) is 0 Å². The van der Waals surface area contributed by atoms with Crippen molar-refractivity contribution in [2.75, 3.05) is 25.4 Å². The number of hydrogen-bond acceptors (Lipinski definition) is 5. The lowest BCUT2D eigenvalue weighted by Crippen LogP contribution is -2.44. The average Bonchev–Trinajstić information content (AvgIpc) is 2.65. The molecule has 0 bridgehead atoms. The maximum Gasteiger partial charge on any atom is 0.332 e. The molecule has 2 aromatic rings. The number of nitrogen functional groups attached to an aromatic ring is 1. The molecule has 0 aliphatic rings. The highest BCUT2D eigenvalue weighted by atomic mass is 16.2. The van der Waals surface area contributed by atoms with Gasteiger partial charge in [0.05, 0.1) is 13.1 Å². The third kappa shape index (κ3) is 4.74. The zero-order chi connectivity index (χ0) is 20.0. The Morgan fingerprint density at radius 1 is 1.07 bits per heavy atom. The third-order valence-corrected chi connectivity index (χ3v) is 4.49. The molecule has 1 aromatic carbocycles. The molecule has 27 heavy (non-hydrogen) atoms. The summed E-state index contributed by atoms with van der Waals surface area (Å²) in [5.74, 6) is -0.415. The van der Waals surface area contributed by atoms with Crippen molar-refractivity contribution in [3.8, 4) is 0 Å². The molecule has 0 atom stereocenters. The summed E-state index contributed by atoms with van der Waals surface area (Å²) < 4.78 is 2.24. The fourth-order valence-electron chi connectivity index (χ4n) is 3.15. The fourth-order valence-corrected chi connectivity index (χ4v) is 3.15. The van der Waals surface area contributed by atoms with Crippen molar-refractivity contribution in [3.63, 3.8) is 0 Å². The van der Waals surface area contributed by atoms with Crippen molar-refractivity contribution in [2.24, 2.45) is 7.05 Å². The minimum absolute atomic E-state index is 0.0649. The number of ketones is 1. The minimum Gasteiger partial charge on any atom is -0.384 e. The van der Waals surface area contributed by atoms with Crippen molar-refractivity contribution in [3.05, 3.63) is 62.3 Å². The van der Waals surface area contributed by atoms with E-state index in [-0.39, 0.29) is 30.3 Å². The molecule has 7 heteroatoms. The number of Topliss-reactive ketones (excluding diaryl/α,β-unsaturated/α-hetero) is 1. The van der Waals surface area contributed by atoms with Crippen LogP contribution >= 0.6 is 0 Å². The molecule has 0 radical (unpaired) electrons. The molecule has 0 saturated carbocycles. The first-order valence-corrected chi connectivity index (χ1v) is 9.29. The highest BCUT2D eigenvalue weighted by molar-refractivity contribution is 6.01. The number of benzene rings is 1. The summed E-state index contributed by atoms with van der Waals surface area (Å²) in [5, 5.41) is 0. The van der Waals surface area contributed by atoms with Crippen LogP contribution in [-0.4, -0.2) is 39.5 Å². The van der Waals surface area contributed by atoms with Gasteiger partial charge < -0.3 is 5.73 Å². The Hall–Kier alpha value is -2.67. The Morgan fingerprint density at radius 2 is 1.67 bits per heavy atom. The summed E-state index contributed by atoms with van der Waals surface area (Å²) in [6, 6.07) is 9.32. The molecule has 0 aliphatic heterocycles. The van der Waals surface area contributed by atoms with Gasteiger partial charge in [-0.05, 0) is 31.5 Å². The zero-order valence-corrected chi connectivity index (χ0v) is 16.3. The Balaban J connectivity index is 2.45. The second-order valence-electron chi connectivity index (χ2n) is 6.68. The molecule has 2 rings (SSSR count). The lowest BCUT2D eigenvalue weighted by Gasteiger charge is -2.21. The molecule has 0 amide bonds. The van der Waals surface area contributed by atoms with Gasteiger partial charge in [-0.25, -0.2) is 4.79 Å². The van der Waals surface area contributed by atoms with Crippen LogP contribution < -0.4 is 17.0 Å². The van der Waals surface area contributed by atoms with Crippen LogP contribution in [-0.2, 0) is 13.6 Å². The van der Waals surface area contributed by atoms with Crippen LogP contribution in [0, 0.1) is 0 Å². The van der Waals surface area contributed by atoms with Crippen LogP contribution in [0.4, 0.5) is 5.82 Å². The summed E-state index contributed by atoms with van der Waals surface area (Å²) in [7, 11) is 1.37. The molecule has 1 heterocycles. The zero-order valence-electron chi connectivity index (χ0n) is 16.3. The summed E-state index contributed by atoms with van der Waals surface area (Å²) in [4.78, 5) is 40.0. The summed E-state index contributed by atoms with van der Waals surface area (Å²) >= 11 is 0. The second-order valence-corrected chi connectivity index (χ2v) is 6.68. The van der Waals surface area contributed by atoms with E-state index in [1.54, 1.807) is 0 Å². The first-order valence-electron chi connectivity index (χ1n) is 9.29. The van der Waals surface area contributed by atoms with E-state index in [1.807, 2.05) is 49.1 Å². The Kier molecular flexibility index (Phi) is 7.12. The van der Waals surface area contributed by atoms with E-state index in [0.717, 1.165) is 36.1 Å². The maximum absolute atomic E-state index is 12.9. The Bertz CT molecular complexity index is 894. The molecule has 1 aromatic heterocycles. The quantitative estimate of drug-likeness (QED) is 0.674. The van der Waals surface area contributed by atoms with Crippen molar-refractivity contribution in [1.82, 2.24) is 14.0 Å². The molecule has 2 N–H and O–H groups in total. The molecule has 7 nitrogen and oxygen atoms in total. The maximum atomic E-state index is 12.9. The number of carbonyl (C=O) groups excluding carboxylic acids is 1. The van der Waals surface area contributed by atoms with Gasteiger partial charge in [0.25, 0.3) is 5.56 Å². The van der Waals surface area contributed by atoms with Crippen LogP contribution in [0.5, 0.6) is 0 Å². The van der Waals surface area contributed by atoms with Gasteiger partial charge in [-0.15, -0.1) is 0 Å². The normalized spacial score (nSPS) is 11.1.